The lowest BCUT2D eigenvalue weighted by Gasteiger charge is -2.44. The second-order valence-corrected chi connectivity index (χ2v) is 16.1. The molecular weight excluding hydrogens is 702 g/mol. The molecule has 3 heterocycles. The molecule has 1 fully saturated rings. The minimum absolute atomic E-state index is 0.0246. The van der Waals surface area contributed by atoms with Gasteiger partial charge in [0.1, 0.15) is 11.6 Å². The molecule has 1 saturated heterocycles. The zero-order valence-electron chi connectivity index (χ0n) is 28.9. The first-order chi connectivity index (χ1) is 23.5. The predicted molar refractivity (Wildman–Crippen MR) is 196 cm³/mol. The van der Waals surface area contributed by atoms with E-state index in [0.717, 1.165) is 59.4 Å². The molecule has 8 nitrogen and oxygen atoms in total. The van der Waals surface area contributed by atoms with E-state index in [2.05, 4.69) is 52.1 Å². The molecule has 6 rings (SSSR count). The number of halogens is 2. The third kappa shape index (κ3) is 8.48. The van der Waals surface area contributed by atoms with Gasteiger partial charge in [-0.25, -0.2) is 9.78 Å². The molecule has 3 unspecified atom stereocenters. The minimum atomic E-state index is -0.684. The van der Waals surface area contributed by atoms with Crippen molar-refractivity contribution in [2.24, 2.45) is 11.8 Å². The Morgan fingerprint density at radius 1 is 1.16 bits per heavy atom. The van der Waals surface area contributed by atoms with Crippen LogP contribution in [0.3, 0.4) is 0 Å². The first-order valence-electron chi connectivity index (χ1n) is 17.5. The van der Waals surface area contributed by atoms with E-state index in [4.69, 9.17) is 21.3 Å². The summed E-state index contributed by atoms with van der Waals surface area (Å²) in [5.41, 5.74) is 5.38. The summed E-state index contributed by atoms with van der Waals surface area (Å²) in [6.45, 7) is 10.1. The summed E-state index contributed by atoms with van der Waals surface area (Å²) < 4.78 is 8.92. The zero-order valence-corrected chi connectivity index (χ0v) is 31.3. The van der Waals surface area contributed by atoms with Crippen LogP contribution in [0.5, 0.6) is 0 Å². The third-order valence-electron chi connectivity index (χ3n) is 9.95. The quantitative estimate of drug-likeness (QED) is 0.231. The van der Waals surface area contributed by atoms with Crippen molar-refractivity contribution in [2.75, 3.05) is 13.1 Å². The average Bonchev–Trinajstić information content (AvgIpc) is 3.52. The van der Waals surface area contributed by atoms with Crippen LogP contribution in [0.4, 0.5) is 4.79 Å². The van der Waals surface area contributed by atoms with E-state index in [0.29, 0.717) is 26.1 Å². The molecule has 0 spiro atoms. The fourth-order valence-corrected chi connectivity index (χ4v) is 8.59. The Bertz CT molecular complexity index is 1700. The van der Waals surface area contributed by atoms with Gasteiger partial charge in [0.05, 0.1) is 12.0 Å². The molecule has 0 bridgehead atoms. The van der Waals surface area contributed by atoms with Gasteiger partial charge in [-0.05, 0) is 116 Å². The summed E-state index contributed by atoms with van der Waals surface area (Å²) in [4.78, 5) is 41.7. The largest absolute Gasteiger partial charge is 0.444 e. The van der Waals surface area contributed by atoms with Crippen molar-refractivity contribution in [3.05, 3.63) is 105 Å². The molecule has 4 atom stereocenters. The van der Waals surface area contributed by atoms with Crippen LogP contribution >= 0.6 is 27.5 Å². The van der Waals surface area contributed by atoms with Crippen LogP contribution < -0.4 is 0 Å². The lowest BCUT2D eigenvalue weighted by molar-refractivity contribution is -0.139. The number of carbonyl (C=O) groups excluding carboxylic acids is 2. The number of piperidine rings is 1. The number of ether oxygens (including phenoxy) is 1. The van der Waals surface area contributed by atoms with Crippen molar-refractivity contribution >= 4 is 39.5 Å². The molecule has 2 aromatic heterocycles. The second-order valence-electron chi connectivity index (χ2n) is 14.7. The van der Waals surface area contributed by atoms with Crippen LogP contribution in [0, 0.1) is 11.8 Å². The molecule has 1 aromatic carbocycles. The second kappa shape index (κ2) is 15.2. The highest BCUT2D eigenvalue weighted by Gasteiger charge is 2.45. The van der Waals surface area contributed by atoms with Crippen molar-refractivity contribution in [2.45, 2.75) is 96.9 Å². The van der Waals surface area contributed by atoms with E-state index in [1.807, 2.05) is 60.8 Å². The van der Waals surface area contributed by atoms with Gasteiger partial charge in [-0.1, -0.05) is 54.4 Å². The summed E-state index contributed by atoms with van der Waals surface area (Å²) in [7, 11) is 0. The topological polar surface area (TPSA) is 80.6 Å². The number of hydrogen-bond acceptors (Lipinski definition) is 5. The smallest absolute Gasteiger partial charge is 0.410 e. The van der Waals surface area contributed by atoms with Crippen LogP contribution in [-0.2, 0) is 29.0 Å². The third-order valence-corrected chi connectivity index (χ3v) is 10.7. The highest BCUT2D eigenvalue weighted by Crippen LogP contribution is 2.50. The molecule has 1 aliphatic heterocycles. The van der Waals surface area contributed by atoms with Gasteiger partial charge < -0.3 is 14.2 Å². The Hall–Kier alpha value is -3.43. The summed E-state index contributed by atoms with van der Waals surface area (Å²) in [5, 5.41) is 0.894. The molecule has 0 N–H and O–H groups in total. The first-order valence-corrected chi connectivity index (χ1v) is 18.7. The van der Waals surface area contributed by atoms with Crippen LogP contribution in [0.2, 0.25) is 0 Å². The Balaban J connectivity index is 1.37. The van der Waals surface area contributed by atoms with Crippen molar-refractivity contribution in [3.8, 4) is 0 Å². The maximum Gasteiger partial charge on any atom is 0.410 e. The van der Waals surface area contributed by atoms with Crippen molar-refractivity contribution < 1.29 is 14.3 Å². The Labute approximate surface area is 303 Å². The van der Waals surface area contributed by atoms with Gasteiger partial charge in [-0.2, -0.15) is 0 Å². The average molecular weight is 749 g/mol. The fraction of sp³-hybridized carbons (Fsp3) is 0.487. The fourth-order valence-electron chi connectivity index (χ4n) is 7.85. The summed E-state index contributed by atoms with van der Waals surface area (Å²) in [6.07, 6.45) is 13.7. The van der Waals surface area contributed by atoms with Crippen LogP contribution in [0.1, 0.15) is 82.5 Å². The summed E-state index contributed by atoms with van der Waals surface area (Å²) in [5.74, 6) is 0.332. The first kappa shape index (κ1) is 35.4. The standard InChI is InChI=1S/C39H47BrClN5O3/c1-26-19-32(41)21-28-11-12-30-20-31(40)23-43-36(30)35(34(26)28)29-13-17-46(38(48)49-39(2,3)4)33(22-29)37(47)45(24-27-9-6-5-7-10-27)16-8-15-44-18-14-42-25-44/h5-7,9-10,14,18,20-21,23,25-26,29,33,35H,8,11-13,15-17,19,22,24H2,1-4H3/t26?,29?,33?,35-/m0/s1. The molecular formula is C39H47BrClN5O3. The molecule has 10 heteroatoms. The predicted octanol–water partition coefficient (Wildman–Crippen LogP) is 8.66. The van der Waals surface area contributed by atoms with Crippen molar-refractivity contribution in [1.82, 2.24) is 24.3 Å². The molecule has 260 valence electrons. The maximum absolute atomic E-state index is 14.9. The molecule has 49 heavy (non-hydrogen) atoms. The zero-order chi connectivity index (χ0) is 34.7. The van der Waals surface area contributed by atoms with Gasteiger partial charge in [-0.3, -0.25) is 14.7 Å². The number of likely N-dealkylation sites (tertiary alicyclic amines) is 1. The number of aryl methyl sites for hydroxylation is 2. The number of fused-ring (bicyclic) bond motifs is 1. The number of nitrogens with zero attached hydrogens (tertiary/aromatic N) is 5. The molecule has 3 aliphatic rings. The van der Waals surface area contributed by atoms with Gasteiger partial charge in [0.15, 0.2) is 0 Å². The normalized spacial score (nSPS) is 22.5. The van der Waals surface area contributed by atoms with Crippen LogP contribution in [0.25, 0.3) is 0 Å². The number of rotatable bonds is 8. The lowest BCUT2D eigenvalue weighted by Crippen LogP contribution is -2.56. The number of aromatic nitrogens is 3. The monoisotopic (exact) mass is 747 g/mol. The van der Waals surface area contributed by atoms with E-state index in [-0.39, 0.29) is 23.7 Å². The SMILES string of the molecule is CC1CC(Cl)=CC2=C1[C@H](C1CCN(C(=O)OC(C)(C)C)C(C(=O)N(CCCn3ccnc3)Cc3ccccc3)C1)c1ncc(Br)cc1CC2. The Kier molecular flexibility index (Phi) is 11.0. The number of pyridine rings is 1. The Morgan fingerprint density at radius 3 is 2.69 bits per heavy atom. The van der Waals surface area contributed by atoms with E-state index in [9.17, 15) is 9.59 Å². The molecule has 3 aromatic rings. The van der Waals surface area contributed by atoms with E-state index < -0.39 is 17.7 Å². The minimum Gasteiger partial charge on any atom is -0.444 e. The molecule has 2 amide bonds. The van der Waals surface area contributed by atoms with Gasteiger partial charge in [0.25, 0.3) is 0 Å². The number of carbonyl (C=O) groups is 2. The van der Waals surface area contributed by atoms with E-state index in [1.54, 1.807) is 17.4 Å². The van der Waals surface area contributed by atoms with Gasteiger partial charge in [0, 0.05) is 60.2 Å². The number of allylic oxidation sites excluding steroid dienone is 4. The lowest BCUT2D eigenvalue weighted by atomic mass is 9.69. The highest BCUT2D eigenvalue weighted by atomic mass is 79.9. The van der Waals surface area contributed by atoms with E-state index >= 15 is 0 Å². The molecule has 2 aliphatic carbocycles. The van der Waals surface area contributed by atoms with E-state index in [1.165, 1.54) is 16.7 Å². The number of hydrogen-bond donors (Lipinski definition) is 0. The van der Waals surface area contributed by atoms with Crippen molar-refractivity contribution in [1.29, 1.82) is 0 Å². The number of benzene rings is 1. The van der Waals surface area contributed by atoms with Gasteiger partial charge in [0.2, 0.25) is 5.91 Å². The van der Waals surface area contributed by atoms with Crippen LogP contribution in [0.15, 0.2) is 88.0 Å². The highest BCUT2D eigenvalue weighted by molar-refractivity contribution is 9.10. The molecule has 0 radical (unpaired) electrons. The van der Waals surface area contributed by atoms with Gasteiger partial charge >= 0.3 is 6.09 Å². The Morgan fingerprint density at radius 2 is 1.96 bits per heavy atom. The summed E-state index contributed by atoms with van der Waals surface area (Å²) >= 11 is 10.4. The maximum atomic E-state index is 14.9. The number of imidazole rings is 1. The number of amides is 2. The van der Waals surface area contributed by atoms with Crippen molar-refractivity contribution in [3.63, 3.8) is 0 Å². The summed E-state index contributed by atoms with van der Waals surface area (Å²) in [6, 6.07) is 11.6. The molecule has 0 saturated carbocycles. The van der Waals surface area contributed by atoms with Gasteiger partial charge in [-0.15, -0.1) is 0 Å². The van der Waals surface area contributed by atoms with Crippen LogP contribution in [-0.4, -0.2) is 61.1 Å².